The van der Waals surface area contributed by atoms with Gasteiger partial charge in [0.05, 0.1) is 12.5 Å². The average Bonchev–Trinajstić information content (AvgIpc) is 2.98. The molecule has 0 aromatic heterocycles. The minimum atomic E-state index is -0.365. The van der Waals surface area contributed by atoms with Crippen LogP contribution < -0.4 is 4.90 Å². The Bertz CT molecular complexity index is 694. The monoisotopic (exact) mass is 309 g/mol. The number of amides is 1. The number of anilines is 1. The summed E-state index contributed by atoms with van der Waals surface area (Å²) >= 11 is 0. The Kier molecular flexibility index (Phi) is 4.42. The molecule has 1 aliphatic heterocycles. The zero-order valence-corrected chi connectivity index (χ0v) is 13.1. The van der Waals surface area contributed by atoms with E-state index in [4.69, 9.17) is 4.74 Å². The molecule has 0 aliphatic carbocycles. The smallest absolute Gasteiger partial charge is 0.311 e. The second-order valence-electron chi connectivity index (χ2n) is 5.57. The summed E-state index contributed by atoms with van der Waals surface area (Å²) in [5, 5.41) is 0. The molecule has 0 N–H and O–H groups in total. The fourth-order valence-corrected chi connectivity index (χ4v) is 2.84. The van der Waals surface area contributed by atoms with E-state index in [1.54, 1.807) is 11.8 Å². The highest BCUT2D eigenvalue weighted by atomic mass is 16.5. The first kappa shape index (κ1) is 15.3. The highest BCUT2D eigenvalue weighted by molar-refractivity contribution is 5.99. The molecule has 1 saturated heterocycles. The summed E-state index contributed by atoms with van der Waals surface area (Å²) in [6.07, 6.45) is 0.221. The molecular weight excluding hydrogens is 290 g/mol. The molecule has 1 amide bonds. The van der Waals surface area contributed by atoms with Crippen molar-refractivity contribution in [2.45, 2.75) is 13.3 Å². The Balaban J connectivity index is 1.75. The van der Waals surface area contributed by atoms with E-state index < -0.39 is 0 Å². The first-order valence-electron chi connectivity index (χ1n) is 7.81. The lowest BCUT2D eigenvalue weighted by Crippen LogP contribution is -2.26. The van der Waals surface area contributed by atoms with Crippen LogP contribution in [0.1, 0.15) is 13.3 Å². The van der Waals surface area contributed by atoms with Crippen LogP contribution in [0.15, 0.2) is 54.6 Å². The van der Waals surface area contributed by atoms with Gasteiger partial charge < -0.3 is 9.64 Å². The Morgan fingerprint density at radius 3 is 2.39 bits per heavy atom. The predicted molar refractivity (Wildman–Crippen MR) is 89.0 cm³/mol. The van der Waals surface area contributed by atoms with Gasteiger partial charge in [0.2, 0.25) is 5.91 Å². The lowest BCUT2D eigenvalue weighted by atomic mass is 10.1. The van der Waals surface area contributed by atoms with E-state index in [2.05, 4.69) is 0 Å². The number of nitrogens with zero attached hydrogens (tertiary/aromatic N) is 1. The molecule has 4 nitrogen and oxygen atoms in total. The van der Waals surface area contributed by atoms with Crippen LogP contribution in [0.4, 0.5) is 5.69 Å². The van der Waals surface area contributed by atoms with Crippen LogP contribution >= 0.6 is 0 Å². The molecule has 23 heavy (non-hydrogen) atoms. The molecule has 2 aromatic rings. The third-order valence-electron chi connectivity index (χ3n) is 4.03. The van der Waals surface area contributed by atoms with Crippen molar-refractivity contribution in [3.05, 3.63) is 54.6 Å². The van der Waals surface area contributed by atoms with E-state index in [9.17, 15) is 9.59 Å². The van der Waals surface area contributed by atoms with Crippen molar-refractivity contribution in [2.24, 2.45) is 5.92 Å². The van der Waals surface area contributed by atoms with Crippen LogP contribution in [0.25, 0.3) is 11.1 Å². The van der Waals surface area contributed by atoms with E-state index >= 15 is 0 Å². The van der Waals surface area contributed by atoms with Crippen LogP contribution in [0, 0.1) is 5.92 Å². The molecular formula is C19H19NO3. The minimum absolute atomic E-state index is 0.0319. The van der Waals surface area contributed by atoms with Crippen molar-refractivity contribution in [3.8, 4) is 11.1 Å². The third kappa shape index (κ3) is 3.26. The highest BCUT2D eigenvalue weighted by Crippen LogP contribution is 2.28. The van der Waals surface area contributed by atoms with Gasteiger partial charge in [0.1, 0.15) is 0 Å². The lowest BCUT2D eigenvalue weighted by Gasteiger charge is -2.17. The molecule has 1 unspecified atom stereocenters. The third-order valence-corrected chi connectivity index (χ3v) is 4.03. The summed E-state index contributed by atoms with van der Waals surface area (Å²) in [7, 11) is 0. The summed E-state index contributed by atoms with van der Waals surface area (Å²) in [6.45, 7) is 2.51. The quantitative estimate of drug-likeness (QED) is 0.814. The Morgan fingerprint density at radius 2 is 1.74 bits per heavy atom. The summed E-state index contributed by atoms with van der Waals surface area (Å²) in [5.41, 5.74) is 3.06. The van der Waals surface area contributed by atoms with Crippen molar-refractivity contribution in [2.75, 3.05) is 18.1 Å². The van der Waals surface area contributed by atoms with E-state index in [1.807, 2.05) is 54.6 Å². The fourth-order valence-electron chi connectivity index (χ4n) is 2.84. The first-order chi connectivity index (χ1) is 11.2. The summed E-state index contributed by atoms with van der Waals surface area (Å²) in [6, 6.07) is 17.9. The fraction of sp³-hybridized carbons (Fsp3) is 0.263. The van der Waals surface area contributed by atoms with E-state index in [1.165, 1.54) is 0 Å². The van der Waals surface area contributed by atoms with Gasteiger partial charge in [0.15, 0.2) is 0 Å². The standard InChI is InChI=1S/C19H19NO3/c1-2-23-19(22)16-12-18(21)20(13-16)17-10-8-15(9-11-17)14-6-4-3-5-7-14/h3-11,16H,2,12-13H2,1H3. The number of carbonyl (C=O) groups excluding carboxylic acids is 2. The summed E-state index contributed by atoms with van der Waals surface area (Å²) < 4.78 is 5.02. The van der Waals surface area contributed by atoms with E-state index in [0.717, 1.165) is 16.8 Å². The van der Waals surface area contributed by atoms with Gasteiger partial charge in [-0.25, -0.2) is 0 Å². The van der Waals surface area contributed by atoms with Crippen LogP contribution in [0.3, 0.4) is 0 Å². The van der Waals surface area contributed by atoms with Crippen molar-refractivity contribution < 1.29 is 14.3 Å². The van der Waals surface area contributed by atoms with Crippen LogP contribution in [-0.2, 0) is 14.3 Å². The molecule has 2 aromatic carbocycles. The largest absolute Gasteiger partial charge is 0.466 e. The summed E-state index contributed by atoms with van der Waals surface area (Å²) in [5.74, 6) is -0.684. The molecule has 3 rings (SSSR count). The lowest BCUT2D eigenvalue weighted by molar-refractivity contribution is -0.147. The molecule has 1 aliphatic rings. The van der Waals surface area contributed by atoms with Gasteiger partial charge in [0, 0.05) is 18.7 Å². The SMILES string of the molecule is CCOC(=O)C1CC(=O)N(c2ccc(-c3ccccc3)cc2)C1. The Morgan fingerprint density at radius 1 is 1.09 bits per heavy atom. The highest BCUT2D eigenvalue weighted by Gasteiger charge is 2.35. The predicted octanol–water partition coefficient (Wildman–Crippen LogP) is 3.27. The van der Waals surface area contributed by atoms with Gasteiger partial charge >= 0.3 is 5.97 Å². The van der Waals surface area contributed by atoms with Crippen molar-refractivity contribution in [1.29, 1.82) is 0 Å². The molecule has 118 valence electrons. The van der Waals surface area contributed by atoms with Gasteiger partial charge in [-0.15, -0.1) is 0 Å². The molecule has 1 heterocycles. The van der Waals surface area contributed by atoms with E-state index in [-0.39, 0.29) is 24.2 Å². The number of esters is 1. The molecule has 0 radical (unpaired) electrons. The zero-order valence-electron chi connectivity index (χ0n) is 13.1. The molecule has 0 saturated carbocycles. The maximum absolute atomic E-state index is 12.2. The number of rotatable bonds is 4. The molecule has 1 fully saturated rings. The number of hydrogen-bond acceptors (Lipinski definition) is 3. The van der Waals surface area contributed by atoms with Gasteiger partial charge in [-0.1, -0.05) is 42.5 Å². The number of hydrogen-bond donors (Lipinski definition) is 0. The van der Waals surface area contributed by atoms with Crippen molar-refractivity contribution in [1.82, 2.24) is 0 Å². The van der Waals surface area contributed by atoms with Crippen molar-refractivity contribution >= 4 is 17.6 Å². The number of carbonyl (C=O) groups is 2. The normalized spacial score (nSPS) is 17.3. The van der Waals surface area contributed by atoms with Gasteiger partial charge in [0.25, 0.3) is 0 Å². The first-order valence-corrected chi connectivity index (χ1v) is 7.81. The average molecular weight is 309 g/mol. The second kappa shape index (κ2) is 6.65. The van der Waals surface area contributed by atoms with Gasteiger partial charge in [-0.3, -0.25) is 9.59 Å². The van der Waals surface area contributed by atoms with E-state index in [0.29, 0.717) is 13.2 Å². The number of ether oxygens (including phenoxy) is 1. The van der Waals surface area contributed by atoms with Crippen LogP contribution in [0.5, 0.6) is 0 Å². The second-order valence-corrected chi connectivity index (χ2v) is 5.57. The maximum Gasteiger partial charge on any atom is 0.311 e. The Labute approximate surface area is 135 Å². The molecule has 0 bridgehead atoms. The number of benzene rings is 2. The minimum Gasteiger partial charge on any atom is -0.466 e. The Hall–Kier alpha value is -2.62. The van der Waals surface area contributed by atoms with Crippen LogP contribution in [0.2, 0.25) is 0 Å². The maximum atomic E-state index is 12.2. The molecule has 4 heteroatoms. The van der Waals surface area contributed by atoms with Gasteiger partial charge in [-0.2, -0.15) is 0 Å². The molecule has 0 spiro atoms. The zero-order chi connectivity index (χ0) is 16.2. The van der Waals surface area contributed by atoms with Crippen molar-refractivity contribution in [3.63, 3.8) is 0 Å². The topological polar surface area (TPSA) is 46.6 Å². The van der Waals surface area contributed by atoms with Crippen LogP contribution in [-0.4, -0.2) is 25.0 Å². The molecule has 1 atom stereocenters. The summed E-state index contributed by atoms with van der Waals surface area (Å²) in [4.78, 5) is 25.6. The van der Waals surface area contributed by atoms with Gasteiger partial charge in [-0.05, 0) is 30.2 Å².